The number of ether oxygens (including phenoxy) is 1. The first kappa shape index (κ1) is 18.1. The lowest BCUT2D eigenvalue weighted by molar-refractivity contribution is -0.129. The van der Waals surface area contributed by atoms with Crippen molar-refractivity contribution in [2.75, 3.05) is 0 Å². The van der Waals surface area contributed by atoms with Crippen LogP contribution in [0.5, 0.6) is 5.75 Å². The van der Waals surface area contributed by atoms with Crippen LogP contribution in [-0.4, -0.2) is 23.2 Å². The number of benzene rings is 2. The second-order valence-electron chi connectivity index (χ2n) is 5.49. The second-order valence-corrected chi connectivity index (χ2v) is 5.49. The lowest BCUT2D eigenvalue weighted by Gasteiger charge is -2.08. The smallest absolute Gasteiger partial charge is 0.379 e. The highest BCUT2D eigenvalue weighted by Crippen LogP contribution is 2.15. The van der Waals surface area contributed by atoms with Gasteiger partial charge in [0.1, 0.15) is 5.75 Å². The molecule has 2 aromatic carbocycles. The fraction of sp³-hybridized carbons (Fsp3) is 0.0500. The van der Waals surface area contributed by atoms with Crippen LogP contribution in [0.3, 0.4) is 0 Å². The van der Waals surface area contributed by atoms with Crippen molar-refractivity contribution in [3.8, 4) is 5.75 Å². The van der Waals surface area contributed by atoms with Gasteiger partial charge in [-0.3, -0.25) is 4.79 Å². The molecule has 136 valence electrons. The molecule has 7 nitrogen and oxygen atoms in total. The van der Waals surface area contributed by atoms with Gasteiger partial charge in [0.2, 0.25) is 5.76 Å². The average Bonchev–Trinajstić information content (AvgIpc) is 3.23. The van der Waals surface area contributed by atoms with Crippen LogP contribution in [0.25, 0.3) is 0 Å². The fourth-order valence-electron chi connectivity index (χ4n) is 2.23. The van der Waals surface area contributed by atoms with Crippen LogP contribution in [0.2, 0.25) is 0 Å². The fourth-order valence-corrected chi connectivity index (χ4v) is 2.23. The minimum Gasteiger partial charge on any atom is -0.457 e. The highest BCUT2D eigenvalue weighted by Gasteiger charge is 2.16. The molecule has 2 N–H and O–H groups in total. The minimum absolute atomic E-state index is 0.0937. The summed E-state index contributed by atoms with van der Waals surface area (Å²) in [6.07, 6.45) is 1.44. The van der Waals surface area contributed by atoms with E-state index in [9.17, 15) is 14.7 Å². The summed E-state index contributed by atoms with van der Waals surface area (Å²) in [6.45, 7) is 0. The van der Waals surface area contributed by atoms with Crippen LogP contribution in [-0.2, 0) is 4.79 Å². The molecule has 0 saturated heterocycles. The number of nitrogens with one attached hydrogen (secondary N) is 1. The molecule has 0 radical (unpaired) electrons. The van der Waals surface area contributed by atoms with E-state index in [-0.39, 0.29) is 5.76 Å². The molecule has 0 aliphatic heterocycles. The molecule has 0 spiro atoms. The topological polar surface area (TPSA) is 101 Å². The highest BCUT2D eigenvalue weighted by molar-refractivity contribution is 5.89. The number of amides is 1. The van der Waals surface area contributed by atoms with Gasteiger partial charge in [0.25, 0.3) is 5.91 Å². The number of nitrogens with zero attached hydrogens (tertiary/aromatic N) is 1. The summed E-state index contributed by atoms with van der Waals surface area (Å²) in [5.74, 6) is -0.876. The van der Waals surface area contributed by atoms with Gasteiger partial charge in [0.15, 0.2) is 6.10 Å². The van der Waals surface area contributed by atoms with Gasteiger partial charge in [-0.05, 0) is 35.4 Å². The van der Waals surface area contributed by atoms with Gasteiger partial charge in [0, 0.05) is 0 Å². The molecule has 1 aromatic heterocycles. The van der Waals surface area contributed by atoms with Gasteiger partial charge in [-0.15, -0.1) is 0 Å². The number of aliphatic hydroxyl groups is 1. The summed E-state index contributed by atoms with van der Waals surface area (Å²) in [5.41, 5.74) is 3.33. The molecule has 1 atom stereocenters. The maximum Gasteiger partial charge on any atom is 0.379 e. The Labute approximate surface area is 154 Å². The van der Waals surface area contributed by atoms with E-state index >= 15 is 0 Å². The summed E-state index contributed by atoms with van der Waals surface area (Å²) in [4.78, 5) is 23.8. The Morgan fingerprint density at radius 3 is 2.63 bits per heavy atom. The van der Waals surface area contributed by atoms with Crippen molar-refractivity contribution >= 4 is 18.1 Å². The van der Waals surface area contributed by atoms with Crippen molar-refractivity contribution in [2.24, 2.45) is 5.10 Å². The molecule has 7 heteroatoms. The molecule has 0 unspecified atom stereocenters. The Balaban J connectivity index is 1.59. The Kier molecular flexibility index (Phi) is 5.76. The number of furan rings is 1. The van der Waals surface area contributed by atoms with Crippen LogP contribution < -0.4 is 10.2 Å². The summed E-state index contributed by atoms with van der Waals surface area (Å²) in [5, 5.41) is 13.8. The first-order chi connectivity index (χ1) is 13.1. The summed E-state index contributed by atoms with van der Waals surface area (Å²) in [6, 6.07) is 18.2. The van der Waals surface area contributed by atoms with Gasteiger partial charge in [0.05, 0.1) is 12.5 Å². The Bertz CT molecular complexity index is 936. The number of hydrazone groups is 1. The van der Waals surface area contributed by atoms with Crippen LogP contribution in [0.1, 0.15) is 27.8 Å². The van der Waals surface area contributed by atoms with Gasteiger partial charge >= 0.3 is 5.97 Å². The maximum atomic E-state index is 11.9. The van der Waals surface area contributed by atoms with Crippen molar-refractivity contribution in [3.05, 3.63) is 89.9 Å². The minimum atomic E-state index is -1.32. The highest BCUT2D eigenvalue weighted by atomic mass is 16.5. The van der Waals surface area contributed by atoms with Crippen molar-refractivity contribution in [2.45, 2.75) is 6.10 Å². The number of carbonyl (C=O) groups excluding carboxylic acids is 2. The van der Waals surface area contributed by atoms with E-state index in [2.05, 4.69) is 10.5 Å². The number of hydrogen-bond acceptors (Lipinski definition) is 6. The number of esters is 1. The standard InChI is InChI=1S/C20H16N2O5/c23-18(15-7-2-1-3-8-15)19(24)22-21-13-14-6-4-9-16(12-14)27-20(25)17-10-5-11-26-17/h1-13,18,23H,(H,22,24)/b21-13-/t18-/m1/s1. The molecule has 1 heterocycles. The van der Waals surface area contributed by atoms with E-state index in [1.165, 1.54) is 18.5 Å². The number of aliphatic hydroxyl groups excluding tert-OH is 1. The Hall–Kier alpha value is -3.71. The van der Waals surface area contributed by atoms with Crippen molar-refractivity contribution < 1.29 is 23.8 Å². The van der Waals surface area contributed by atoms with Crippen molar-refractivity contribution in [1.82, 2.24) is 5.43 Å². The predicted molar refractivity (Wildman–Crippen MR) is 97.2 cm³/mol. The number of hydrogen-bond donors (Lipinski definition) is 2. The first-order valence-corrected chi connectivity index (χ1v) is 8.05. The molecule has 1 amide bonds. The second kappa shape index (κ2) is 8.59. The van der Waals surface area contributed by atoms with Crippen molar-refractivity contribution in [3.63, 3.8) is 0 Å². The molecule has 0 saturated carbocycles. The zero-order valence-corrected chi connectivity index (χ0v) is 14.1. The van der Waals surface area contributed by atoms with E-state index in [1.54, 1.807) is 60.7 Å². The molecule has 0 aliphatic carbocycles. The summed E-state index contributed by atoms with van der Waals surface area (Å²) < 4.78 is 10.2. The zero-order valence-electron chi connectivity index (χ0n) is 14.1. The molecule has 3 rings (SSSR count). The SMILES string of the molecule is O=C(Oc1cccc(/C=N\NC(=O)[C@H](O)c2ccccc2)c1)c1ccco1. The summed E-state index contributed by atoms with van der Waals surface area (Å²) >= 11 is 0. The molecule has 27 heavy (non-hydrogen) atoms. The third kappa shape index (κ3) is 4.90. The van der Waals surface area contributed by atoms with Gasteiger partial charge < -0.3 is 14.3 Å². The average molecular weight is 364 g/mol. The largest absolute Gasteiger partial charge is 0.457 e. The van der Waals surface area contributed by atoms with Crippen LogP contribution in [0, 0.1) is 0 Å². The third-order valence-electron chi connectivity index (χ3n) is 3.54. The Morgan fingerprint density at radius 1 is 1.07 bits per heavy atom. The van der Waals surface area contributed by atoms with Crippen LogP contribution in [0.15, 0.2) is 82.5 Å². The van der Waals surface area contributed by atoms with E-state index in [4.69, 9.17) is 9.15 Å². The van der Waals surface area contributed by atoms with Gasteiger partial charge in [-0.25, -0.2) is 10.2 Å². The number of carbonyl (C=O) groups is 2. The van der Waals surface area contributed by atoms with E-state index < -0.39 is 18.0 Å². The van der Waals surface area contributed by atoms with Gasteiger partial charge in [-0.1, -0.05) is 42.5 Å². The molecular weight excluding hydrogens is 348 g/mol. The first-order valence-electron chi connectivity index (χ1n) is 8.05. The lowest BCUT2D eigenvalue weighted by Crippen LogP contribution is -2.25. The quantitative estimate of drug-likeness (QED) is 0.303. The predicted octanol–water partition coefficient (Wildman–Crippen LogP) is 2.68. The zero-order chi connectivity index (χ0) is 19.1. The lowest BCUT2D eigenvalue weighted by atomic mass is 10.1. The third-order valence-corrected chi connectivity index (χ3v) is 3.54. The van der Waals surface area contributed by atoms with Gasteiger partial charge in [-0.2, -0.15) is 5.10 Å². The maximum absolute atomic E-state index is 11.9. The molecule has 3 aromatic rings. The van der Waals surface area contributed by atoms with Crippen LogP contribution in [0.4, 0.5) is 0 Å². The van der Waals surface area contributed by atoms with Crippen LogP contribution >= 0.6 is 0 Å². The number of rotatable bonds is 6. The Morgan fingerprint density at radius 2 is 1.89 bits per heavy atom. The van der Waals surface area contributed by atoms with E-state index in [0.29, 0.717) is 16.9 Å². The monoisotopic (exact) mass is 364 g/mol. The van der Waals surface area contributed by atoms with Crippen molar-refractivity contribution in [1.29, 1.82) is 0 Å². The normalized spacial score (nSPS) is 11.9. The molecular formula is C20H16N2O5. The molecule has 0 aliphatic rings. The molecule has 0 fully saturated rings. The van der Waals surface area contributed by atoms with E-state index in [1.807, 2.05) is 0 Å². The van der Waals surface area contributed by atoms with E-state index in [0.717, 1.165) is 0 Å². The summed E-state index contributed by atoms with van der Waals surface area (Å²) in [7, 11) is 0. The molecule has 0 bridgehead atoms.